The molecule has 0 spiro atoms. The van der Waals surface area contributed by atoms with E-state index in [0.29, 0.717) is 17.9 Å². The second-order valence-corrected chi connectivity index (χ2v) is 6.46. The van der Waals surface area contributed by atoms with Gasteiger partial charge in [-0.15, -0.1) is 0 Å². The Hall–Kier alpha value is -2.86. The highest BCUT2D eigenvalue weighted by Crippen LogP contribution is 2.28. The molecule has 6 nitrogen and oxygen atoms in total. The molecule has 6 heteroatoms. The fourth-order valence-corrected chi connectivity index (χ4v) is 2.93. The summed E-state index contributed by atoms with van der Waals surface area (Å²) in [6.45, 7) is 4.42. The SMILES string of the molecule is Cc1ccc(NC(=O)C(=O)NCC(O)c2ccc3c(c2)CCO3)c(C)c1. The highest BCUT2D eigenvalue weighted by atomic mass is 16.5. The lowest BCUT2D eigenvalue weighted by molar-refractivity contribution is -0.136. The van der Waals surface area contributed by atoms with Crippen LogP contribution in [-0.2, 0) is 16.0 Å². The van der Waals surface area contributed by atoms with Crippen molar-refractivity contribution in [3.05, 3.63) is 58.7 Å². The molecule has 1 heterocycles. The number of fused-ring (bicyclic) bond motifs is 1. The smallest absolute Gasteiger partial charge is 0.313 e. The van der Waals surface area contributed by atoms with E-state index in [-0.39, 0.29) is 6.54 Å². The molecule has 3 N–H and O–H groups in total. The number of ether oxygens (including phenoxy) is 1. The fourth-order valence-electron chi connectivity index (χ4n) is 2.93. The number of anilines is 1. The van der Waals surface area contributed by atoms with E-state index in [1.165, 1.54) is 0 Å². The zero-order valence-corrected chi connectivity index (χ0v) is 14.8. The number of benzene rings is 2. The lowest BCUT2D eigenvalue weighted by atomic mass is 10.0. The van der Waals surface area contributed by atoms with E-state index in [0.717, 1.165) is 28.9 Å². The molecule has 0 saturated carbocycles. The van der Waals surface area contributed by atoms with Crippen LogP contribution in [0, 0.1) is 13.8 Å². The van der Waals surface area contributed by atoms with Gasteiger partial charge in [-0.05, 0) is 48.7 Å². The van der Waals surface area contributed by atoms with Gasteiger partial charge >= 0.3 is 11.8 Å². The quantitative estimate of drug-likeness (QED) is 0.733. The van der Waals surface area contributed by atoms with Gasteiger partial charge in [-0.2, -0.15) is 0 Å². The molecule has 1 atom stereocenters. The molecule has 0 aliphatic carbocycles. The van der Waals surface area contributed by atoms with Crippen LogP contribution in [0.4, 0.5) is 5.69 Å². The second-order valence-electron chi connectivity index (χ2n) is 6.46. The van der Waals surface area contributed by atoms with Gasteiger partial charge in [0.25, 0.3) is 0 Å². The van der Waals surface area contributed by atoms with E-state index in [2.05, 4.69) is 10.6 Å². The molecule has 0 fully saturated rings. The topological polar surface area (TPSA) is 87.7 Å². The molecule has 2 amide bonds. The fraction of sp³-hybridized carbons (Fsp3) is 0.300. The summed E-state index contributed by atoms with van der Waals surface area (Å²) in [6, 6.07) is 11.0. The molecular weight excluding hydrogens is 332 g/mol. The van der Waals surface area contributed by atoms with Crippen LogP contribution in [-0.4, -0.2) is 30.1 Å². The van der Waals surface area contributed by atoms with Crippen LogP contribution >= 0.6 is 0 Å². The maximum absolute atomic E-state index is 12.0. The summed E-state index contributed by atoms with van der Waals surface area (Å²) in [4.78, 5) is 24.0. The molecule has 3 rings (SSSR count). The van der Waals surface area contributed by atoms with Gasteiger partial charge in [0.2, 0.25) is 0 Å². The van der Waals surface area contributed by atoms with Crippen molar-refractivity contribution in [2.24, 2.45) is 0 Å². The molecule has 0 aromatic heterocycles. The van der Waals surface area contributed by atoms with Crippen LogP contribution in [0.3, 0.4) is 0 Å². The Bertz CT molecular complexity index is 848. The normalized spacial score (nSPS) is 13.5. The molecule has 136 valence electrons. The van der Waals surface area contributed by atoms with E-state index in [1.807, 2.05) is 38.1 Å². The Balaban J connectivity index is 1.55. The van der Waals surface area contributed by atoms with Crippen molar-refractivity contribution in [3.8, 4) is 5.75 Å². The van der Waals surface area contributed by atoms with Gasteiger partial charge in [0, 0.05) is 18.7 Å². The Kier molecular flexibility index (Phi) is 5.23. The van der Waals surface area contributed by atoms with E-state index in [9.17, 15) is 14.7 Å². The van der Waals surface area contributed by atoms with Crippen molar-refractivity contribution in [2.45, 2.75) is 26.4 Å². The minimum absolute atomic E-state index is 0.0429. The van der Waals surface area contributed by atoms with E-state index < -0.39 is 17.9 Å². The summed E-state index contributed by atoms with van der Waals surface area (Å²) in [7, 11) is 0. The standard InChI is InChI=1S/C20H22N2O4/c1-12-3-5-16(13(2)9-12)22-20(25)19(24)21-11-17(23)14-4-6-18-15(10-14)7-8-26-18/h3-6,9-10,17,23H,7-8,11H2,1-2H3,(H,21,24)(H,22,25). The number of nitrogens with one attached hydrogen (secondary N) is 2. The van der Waals surface area contributed by atoms with Crippen molar-refractivity contribution >= 4 is 17.5 Å². The lowest BCUT2D eigenvalue weighted by Gasteiger charge is -2.14. The maximum atomic E-state index is 12.0. The van der Waals surface area contributed by atoms with Crippen LogP contribution in [0.25, 0.3) is 0 Å². The largest absolute Gasteiger partial charge is 0.493 e. The van der Waals surface area contributed by atoms with Gasteiger partial charge in [-0.3, -0.25) is 9.59 Å². The summed E-state index contributed by atoms with van der Waals surface area (Å²) in [5.74, 6) is -0.710. The van der Waals surface area contributed by atoms with Gasteiger partial charge in [0.1, 0.15) is 5.75 Å². The third-order valence-electron chi connectivity index (χ3n) is 4.39. The predicted octanol–water partition coefficient (Wildman–Crippen LogP) is 2.03. The van der Waals surface area contributed by atoms with Crippen LogP contribution < -0.4 is 15.4 Å². The Morgan fingerprint density at radius 2 is 1.96 bits per heavy atom. The van der Waals surface area contributed by atoms with Crippen LogP contribution in [0.2, 0.25) is 0 Å². The zero-order chi connectivity index (χ0) is 18.7. The van der Waals surface area contributed by atoms with Crippen LogP contribution in [0.5, 0.6) is 5.75 Å². The first-order chi connectivity index (χ1) is 12.4. The molecule has 0 bridgehead atoms. The third kappa shape index (κ3) is 4.03. The number of amides is 2. The summed E-state index contributed by atoms with van der Waals surface area (Å²) in [5.41, 5.74) is 4.28. The first-order valence-corrected chi connectivity index (χ1v) is 8.54. The number of aryl methyl sites for hydroxylation is 2. The molecule has 1 unspecified atom stereocenters. The number of hydrogen-bond donors (Lipinski definition) is 3. The van der Waals surface area contributed by atoms with Crippen molar-refractivity contribution in [1.82, 2.24) is 5.32 Å². The summed E-state index contributed by atoms with van der Waals surface area (Å²) < 4.78 is 5.43. The number of aliphatic hydroxyl groups excluding tert-OH is 1. The lowest BCUT2D eigenvalue weighted by Crippen LogP contribution is -2.37. The average molecular weight is 354 g/mol. The summed E-state index contributed by atoms with van der Waals surface area (Å²) in [6.07, 6.45) is -0.0839. The molecular formula is C20H22N2O4. The van der Waals surface area contributed by atoms with Gasteiger partial charge in [-0.1, -0.05) is 23.8 Å². The van der Waals surface area contributed by atoms with Gasteiger partial charge < -0.3 is 20.5 Å². The Morgan fingerprint density at radius 1 is 1.15 bits per heavy atom. The average Bonchev–Trinajstić information content (AvgIpc) is 3.09. The summed E-state index contributed by atoms with van der Waals surface area (Å²) in [5, 5.41) is 15.3. The van der Waals surface area contributed by atoms with E-state index in [4.69, 9.17) is 4.74 Å². The molecule has 1 aliphatic rings. The molecule has 26 heavy (non-hydrogen) atoms. The van der Waals surface area contributed by atoms with Crippen LogP contribution in [0.15, 0.2) is 36.4 Å². The number of hydrogen-bond acceptors (Lipinski definition) is 4. The van der Waals surface area contributed by atoms with Crippen molar-refractivity contribution < 1.29 is 19.4 Å². The predicted molar refractivity (Wildman–Crippen MR) is 98.2 cm³/mol. The van der Waals surface area contributed by atoms with Gasteiger partial charge in [0.15, 0.2) is 0 Å². The minimum Gasteiger partial charge on any atom is -0.493 e. The summed E-state index contributed by atoms with van der Waals surface area (Å²) >= 11 is 0. The minimum atomic E-state index is -0.890. The zero-order valence-electron chi connectivity index (χ0n) is 14.8. The molecule has 0 radical (unpaired) electrons. The molecule has 0 saturated heterocycles. The molecule has 2 aromatic carbocycles. The Morgan fingerprint density at radius 3 is 2.73 bits per heavy atom. The van der Waals surface area contributed by atoms with Crippen LogP contribution in [0.1, 0.15) is 28.4 Å². The Labute approximate surface area is 152 Å². The van der Waals surface area contributed by atoms with Crippen molar-refractivity contribution in [2.75, 3.05) is 18.5 Å². The molecule has 1 aliphatic heterocycles. The second kappa shape index (κ2) is 7.58. The highest BCUT2D eigenvalue weighted by Gasteiger charge is 2.19. The number of rotatable bonds is 4. The van der Waals surface area contributed by atoms with Gasteiger partial charge in [0.05, 0.1) is 12.7 Å². The van der Waals surface area contributed by atoms with E-state index >= 15 is 0 Å². The molecule has 2 aromatic rings. The third-order valence-corrected chi connectivity index (χ3v) is 4.39. The first-order valence-electron chi connectivity index (χ1n) is 8.54. The highest BCUT2D eigenvalue weighted by molar-refractivity contribution is 6.39. The number of aliphatic hydroxyl groups is 1. The number of carbonyl (C=O) groups is 2. The maximum Gasteiger partial charge on any atom is 0.313 e. The first kappa shape index (κ1) is 17.9. The number of carbonyl (C=O) groups excluding carboxylic acids is 2. The van der Waals surface area contributed by atoms with Crippen molar-refractivity contribution in [1.29, 1.82) is 0 Å². The van der Waals surface area contributed by atoms with Gasteiger partial charge in [-0.25, -0.2) is 0 Å². The van der Waals surface area contributed by atoms with Crippen molar-refractivity contribution in [3.63, 3.8) is 0 Å². The van der Waals surface area contributed by atoms with E-state index in [1.54, 1.807) is 12.1 Å². The monoisotopic (exact) mass is 354 g/mol.